The highest BCUT2D eigenvalue weighted by Crippen LogP contribution is 2.17. The molecule has 3 heteroatoms. The van der Waals surface area contributed by atoms with Crippen LogP contribution in [0.3, 0.4) is 0 Å². The average molecular weight is 276 g/mol. The van der Waals surface area contributed by atoms with E-state index in [1.54, 1.807) is 12.4 Å². The van der Waals surface area contributed by atoms with Crippen molar-refractivity contribution in [2.75, 3.05) is 0 Å². The van der Waals surface area contributed by atoms with Gasteiger partial charge < -0.3 is 5.32 Å². The predicted molar refractivity (Wildman–Crippen MR) is 84.1 cm³/mol. The summed E-state index contributed by atoms with van der Waals surface area (Å²) in [4.78, 5) is 16.5. The third kappa shape index (κ3) is 2.92. The van der Waals surface area contributed by atoms with Crippen LogP contribution in [0.15, 0.2) is 60.9 Å². The summed E-state index contributed by atoms with van der Waals surface area (Å²) >= 11 is 0. The molecule has 1 aromatic heterocycles. The Balaban J connectivity index is 1.79. The quantitative estimate of drug-likeness (QED) is 0.796. The van der Waals surface area contributed by atoms with Crippen LogP contribution in [-0.2, 0) is 6.54 Å². The molecule has 0 unspecified atom stereocenters. The van der Waals surface area contributed by atoms with Gasteiger partial charge in [-0.3, -0.25) is 9.78 Å². The van der Waals surface area contributed by atoms with Gasteiger partial charge in [0.25, 0.3) is 5.91 Å². The lowest BCUT2D eigenvalue weighted by Crippen LogP contribution is -2.23. The minimum absolute atomic E-state index is 0.0748. The first-order chi connectivity index (χ1) is 10.2. The number of rotatable bonds is 3. The number of hydrogen-bond donors (Lipinski definition) is 1. The molecule has 0 fully saturated rings. The van der Waals surface area contributed by atoms with Gasteiger partial charge in [-0.2, -0.15) is 0 Å². The van der Waals surface area contributed by atoms with Gasteiger partial charge in [0.2, 0.25) is 0 Å². The molecule has 3 aromatic rings. The molecular formula is C18H16N2O. The minimum atomic E-state index is -0.0748. The Bertz CT molecular complexity index is 773. The van der Waals surface area contributed by atoms with Crippen molar-refractivity contribution in [1.82, 2.24) is 10.3 Å². The lowest BCUT2D eigenvalue weighted by Gasteiger charge is -2.08. The summed E-state index contributed by atoms with van der Waals surface area (Å²) in [5.41, 5.74) is 2.96. The smallest absolute Gasteiger partial charge is 0.252 e. The zero-order valence-electron chi connectivity index (χ0n) is 11.8. The maximum atomic E-state index is 12.4. The fraction of sp³-hybridized carbons (Fsp3) is 0.111. The number of fused-ring (bicyclic) bond motifs is 1. The van der Waals surface area contributed by atoms with Gasteiger partial charge in [0, 0.05) is 29.9 Å². The van der Waals surface area contributed by atoms with Crippen LogP contribution in [0, 0.1) is 6.92 Å². The molecule has 1 N–H and O–H groups in total. The second-order valence-electron chi connectivity index (χ2n) is 5.07. The summed E-state index contributed by atoms with van der Waals surface area (Å²) in [5, 5.41) is 4.86. The summed E-state index contributed by atoms with van der Waals surface area (Å²) in [6.07, 6.45) is 3.46. The highest BCUT2D eigenvalue weighted by atomic mass is 16.1. The summed E-state index contributed by atoms with van der Waals surface area (Å²) in [6.45, 7) is 2.57. The van der Waals surface area contributed by atoms with Crippen molar-refractivity contribution in [2.24, 2.45) is 0 Å². The molecule has 3 rings (SSSR count). The van der Waals surface area contributed by atoms with Gasteiger partial charge in [-0.05, 0) is 30.0 Å². The number of carbonyl (C=O) groups is 1. The van der Waals surface area contributed by atoms with E-state index in [-0.39, 0.29) is 5.91 Å². The number of nitrogens with one attached hydrogen (secondary N) is 1. The molecule has 0 atom stereocenters. The number of aromatic nitrogens is 1. The molecule has 21 heavy (non-hydrogen) atoms. The number of aryl methyl sites for hydroxylation is 1. The molecular weight excluding hydrogens is 260 g/mol. The molecule has 0 bridgehead atoms. The van der Waals surface area contributed by atoms with Crippen molar-refractivity contribution in [3.05, 3.63) is 77.6 Å². The zero-order chi connectivity index (χ0) is 14.7. The second kappa shape index (κ2) is 5.75. The lowest BCUT2D eigenvalue weighted by atomic mass is 10.1. The van der Waals surface area contributed by atoms with E-state index in [9.17, 15) is 4.79 Å². The summed E-state index contributed by atoms with van der Waals surface area (Å²) in [5.74, 6) is -0.0748. The van der Waals surface area contributed by atoms with E-state index in [1.807, 2.05) is 55.5 Å². The van der Waals surface area contributed by atoms with Gasteiger partial charge in [0.15, 0.2) is 0 Å². The number of carbonyl (C=O) groups excluding carboxylic acids is 1. The lowest BCUT2D eigenvalue weighted by molar-refractivity contribution is 0.0952. The molecule has 0 aliphatic carbocycles. The van der Waals surface area contributed by atoms with E-state index in [0.717, 1.165) is 16.3 Å². The van der Waals surface area contributed by atoms with Crippen LogP contribution in [-0.4, -0.2) is 10.9 Å². The van der Waals surface area contributed by atoms with Gasteiger partial charge in [-0.1, -0.05) is 42.0 Å². The van der Waals surface area contributed by atoms with E-state index in [0.29, 0.717) is 12.1 Å². The standard InChI is InChI=1S/C18H16N2O/c1-13-5-7-14(8-6-13)11-20-18(21)16-4-2-3-15-9-10-19-12-17(15)16/h2-10,12H,11H2,1H3,(H,20,21). The van der Waals surface area contributed by atoms with E-state index in [4.69, 9.17) is 0 Å². The van der Waals surface area contributed by atoms with E-state index in [1.165, 1.54) is 5.56 Å². The molecule has 0 spiro atoms. The van der Waals surface area contributed by atoms with Crippen molar-refractivity contribution in [3.8, 4) is 0 Å². The first-order valence-corrected chi connectivity index (χ1v) is 6.90. The number of nitrogens with zero attached hydrogens (tertiary/aromatic N) is 1. The molecule has 0 saturated carbocycles. The molecule has 0 aliphatic heterocycles. The fourth-order valence-corrected chi connectivity index (χ4v) is 2.29. The molecule has 1 heterocycles. The van der Waals surface area contributed by atoms with Crippen LogP contribution in [0.5, 0.6) is 0 Å². The van der Waals surface area contributed by atoms with Gasteiger partial charge >= 0.3 is 0 Å². The van der Waals surface area contributed by atoms with Crippen LogP contribution < -0.4 is 5.32 Å². The third-order valence-electron chi connectivity index (χ3n) is 3.50. The average Bonchev–Trinajstić information content (AvgIpc) is 2.53. The molecule has 0 saturated heterocycles. The monoisotopic (exact) mass is 276 g/mol. The zero-order valence-corrected chi connectivity index (χ0v) is 11.8. The molecule has 2 aromatic carbocycles. The van der Waals surface area contributed by atoms with Crippen LogP contribution in [0.2, 0.25) is 0 Å². The van der Waals surface area contributed by atoms with Crippen molar-refractivity contribution < 1.29 is 4.79 Å². The second-order valence-corrected chi connectivity index (χ2v) is 5.07. The SMILES string of the molecule is Cc1ccc(CNC(=O)c2cccc3ccncc23)cc1. The Morgan fingerprint density at radius 2 is 1.90 bits per heavy atom. The van der Waals surface area contributed by atoms with Gasteiger partial charge in [-0.25, -0.2) is 0 Å². The highest BCUT2D eigenvalue weighted by molar-refractivity contribution is 6.06. The van der Waals surface area contributed by atoms with Gasteiger partial charge in [0.05, 0.1) is 0 Å². The topological polar surface area (TPSA) is 42.0 Å². The Labute approximate surface area is 123 Å². The number of benzene rings is 2. The van der Waals surface area contributed by atoms with Crippen molar-refractivity contribution in [1.29, 1.82) is 0 Å². The van der Waals surface area contributed by atoms with Crippen molar-refractivity contribution >= 4 is 16.7 Å². The number of hydrogen-bond acceptors (Lipinski definition) is 2. The minimum Gasteiger partial charge on any atom is -0.348 e. The summed E-state index contributed by atoms with van der Waals surface area (Å²) in [7, 11) is 0. The van der Waals surface area contributed by atoms with Crippen LogP contribution in [0.1, 0.15) is 21.5 Å². The van der Waals surface area contributed by atoms with Gasteiger partial charge in [0.1, 0.15) is 0 Å². The maximum Gasteiger partial charge on any atom is 0.252 e. The largest absolute Gasteiger partial charge is 0.348 e. The van der Waals surface area contributed by atoms with E-state index >= 15 is 0 Å². The normalized spacial score (nSPS) is 10.5. The van der Waals surface area contributed by atoms with E-state index < -0.39 is 0 Å². The Kier molecular flexibility index (Phi) is 3.65. The molecule has 1 amide bonds. The fourth-order valence-electron chi connectivity index (χ4n) is 2.29. The number of amides is 1. The Hall–Kier alpha value is -2.68. The third-order valence-corrected chi connectivity index (χ3v) is 3.50. The first-order valence-electron chi connectivity index (χ1n) is 6.90. The molecule has 104 valence electrons. The predicted octanol–water partition coefficient (Wildman–Crippen LogP) is 3.47. The van der Waals surface area contributed by atoms with Crippen LogP contribution >= 0.6 is 0 Å². The van der Waals surface area contributed by atoms with Crippen LogP contribution in [0.4, 0.5) is 0 Å². The summed E-state index contributed by atoms with van der Waals surface area (Å²) in [6, 6.07) is 15.8. The van der Waals surface area contributed by atoms with Crippen molar-refractivity contribution in [2.45, 2.75) is 13.5 Å². The van der Waals surface area contributed by atoms with Crippen LogP contribution in [0.25, 0.3) is 10.8 Å². The highest BCUT2D eigenvalue weighted by Gasteiger charge is 2.09. The molecule has 3 nitrogen and oxygen atoms in total. The Morgan fingerprint density at radius 3 is 2.71 bits per heavy atom. The van der Waals surface area contributed by atoms with Gasteiger partial charge in [-0.15, -0.1) is 0 Å². The van der Waals surface area contributed by atoms with E-state index in [2.05, 4.69) is 10.3 Å². The van der Waals surface area contributed by atoms with Crippen molar-refractivity contribution in [3.63, 3.8) is 0 Å². The Morgan fingerprint density at radius 1 is 1.10 bits per heavy atom. The summed E-state index contributed by atoms with van der Waals surface area (Å²) < 4.78 is 0. The molecule has 0 radical (unpaired) electrons. The maximum absolute atomic E-state index is 12.4. The first kappa shape index (κ1) is 13.3. The molecule has 0 aliphatic rings. The number of pyridine rings is 1.